The molecule has 0 bridgehead atoms. The lowest BCUT2D eigenvalue weighted by atomic mass is 9.96. The average Bonchev–Trinajstić information content (AvgIpc) is 1.97. The van der Waals surface area contributed by atoms with Gasteiger partial charge in [-0.05, 0) is 38.8 Å². The molecule has 0 aromatic carbocycles. The van der Waals surface area contributed by atoms with E-state index in [9.17, 15) is 0 Å². The highest BCUT2D eigenvalue weighted by Gasteiger charge is 2.16. The van der Waals surface area contributed by atoms with Crippen molar-refractivity contribution in [3.8, 4) is 0 Å². The topological polar surface area (TPSA) is 21.3 Å². The lowest BCUT2D eigenvalue weighted by molar-refractivity contribution is 0.0155. The van der Waals surface area contributed by atoms with Crippen LogP contribution in [0.5, 0.6) is 0 Å². The van der Waals surface area contributed by atoms with Gasteiger partial charge in [-0.15, -0.1) is 0 Å². The van der Waals surface area contributed by atoms with Crippen LogP contribution in [0.3, 0.4) is 0 Å². The van der Waals surface area contributed by atoms with Crippen LogP contribution in [0.1, 0.15) is 41.0 Å². The molecule has 2 heteroatoms. The van der Waals surface area contributed by atoms with E-state index >= 15 is 0 Å². The highest BCUT2D eigenvalue weighted by molar-refractivity contribution is 4.71. The molecule has 13 heavy (non-hydrogen) atoms. The molecule has 0 radical (unpaired) electrons. The van der Waals surface area contributed by atoms with Crippen LogP contribution in [-0.2, 0) is 4.74 Å². The van der Waals surface area contributed by atoms with E-state index in [1.165, 1.54) is 0 Å². The minimum Gasteiger partial charge on any atom is -0.379 e. The first-order valence-corrected chi connectivity index (χ1v) is 5.03. The van der Waals surface area contributed by atoms with Gasteiger partial charge in [0.1, 0.15) is 0 Å². The number of hydrogen-bond donors (Lipinski definition) is 1. The maximum Gasteiger partial charge on any atom is 0.0634 e. The van der Waals surface area contributed by atoms with E-state index in [4.69, 9.17) is 4.74 Å². The van der Waals surface area contributed by atoms with Crippen molar-refractivity contribution >= 4 is 0 Å². The Morgan fingerprint density at radius 3 is 2.00 bits per heavy atom. The van der Waals surface area contributed by atoms with Crippen LogP contribution >= 0.6 is 0 Å². The van der Waals surface area contributed by atoms with E-state index in [0.29, 0.717) is 5.41 Å². The van der Waals surface area contributed by atoms with Gasteiger partial charge in [-0.25, -0.2) is 0 Å². The first kappa shape index (κ1) is 12.9. The van der Waals surface area contributed by atoms with Crippen LogP contribution in [0.2, 0.25) is 0 Å². The van der Waals surface area contributed by atoms with Gasteiger partial charge in [-0.2, -0.15) is 0 Å². The largest absolute Gasteiger partial charge is 0.379 e. The Bertz CT molecular complexity index is 136. The van der Waals surface area contributed by atoms with E-state index in [0.717, 1.165) is 19.5 Å². The van der Waals surface area contributed by atoms with Crippen LogP contribution in [0.25, 0.3) is 0 Å². The minimum atomic E-state index is 0.00485. The predicted octanol–water partition coefficient (Wildman–Crippen LogP) is 2.44. The number of methoxy groups -OCH3 is 1. The molecule has 2 nitrogen and oxygen atoms in total. The van der Waals surface area contributed by atoms with Crippen molar-refractivity contribution in [2.45, 2.75) is 46.6 Å². The Morgan fingerprint density at radius 2 is 1.62 bits per heavy atom. The molecule has 0 aromatic rings. The summed E-state index contributed by atoms with van der Waals surface area (Å²) in [5.41, 5.74) is 0.377. The van der Waals surface area contributed by atoms with Crippen molar-refractivity contribution in [2.24, 2.45) is 5.41 Å². The molecule has 0 spiro atoms. The number of nitrogens with one attached hydrogen (secondary N) is 1. The van der Waals surface area contributed by atoms with Gasteiger partial charge in [0.15, 0.2) is 0 Å². The van der Waals surface area contributed by atoms with Crippen molar-refractivity contribution in [3.05, 3.63) is 0 Å². The van der Waals surface area contributed by atoms with Crippen molar-refractivity contribution in [1.82, 2.24) is 5.32 Å². The van der Waals surface area contributed by atoms with Gasteiger partial charge in [0.05, 0.1) is 5.60 Å². The van der Waals surface area contributed by atoms with Gasteiger partial charge in [0.2, 0.25) is 0 Å². The monoisotopic (exact) mass is 187 g/mol. The Morgan fingerprint density at radius 1 is 1.08 bits per heavy atom. The second-order valence-corrected chi connectivity index (χ2v) is 5.45. The van der Waals surface area contributed by atoms with Gasteiger partial charge >= 0.3 is 0 Å². The highest BCUT2D eigenvalue weighted by atomic mass is 16.5. The van der Waals surface area contributed by atoms with Crippen molar-refractivity contribution in [2.75, 3.05) is 20.2 Å². The minimum absolute atomic E-state index is 0.00485. The van der Waals surface area contributed by atoms with Crippen LogP contribution in [0, 0.1) is 5.41 Å². The molecule has 0 unspecified atom stereocenters. The molecule has 0 aliphatic rings. The van der Waals surface area contributed by atoms with Gasteiger partial charge in [0, 0.05) is 7.11 Å². The normalized spacial score (nSPS) is 13.4. The third-order valence-electron chi connectivity index (χ3n) is 2.11. The van der Waals surface area contributed by atoms with Gasteiger partial charge in [-0.1, -0.05) is 20.8 Å². The Balaban J connectivity index is 3.47. The molecule has 0 aliphatic heterocycles. The maximum absolute atomic E-state index is 5.33. The summed E-state index contributed by atoms with van der Waals surface area (Å²) >= 11 is 0. The molecule has 0 heterocycles. The van der Waals surface area contributed by atoms with E-state index in [-0.39, 0.29) is 5.60 Å². The summed E-state index contributed by atoms with van der Waals surface area (Å²) in [6.07, 6.45) is 1.06. The number of ether oxygens (including phenoxy) is 1. The smallest absolute Gasteiger partial charge is 0.0634 e. The first-order chi connectivity index (χ1) is 5.77. The maximum atomic E-state index is 5.33. The summed E-state index contributed by atoms with van der Waals surface area (Å²) in [7, 11) is 1.77. The van der Waals surface area contributed by atoms with Gasteiger partial charge in [0.25, 0.3) is 0 Å². The second-order valence-electron chi connectivity index (χ2n) is 5.45. The highest BCUT2D eigenvalue weighted by Crippen LogP contribution is 2.13. The molecular weight excluding hydrogens is 162 g/mol. The summed E-state index contributed by atoms with van der Waals surface area (Å²) in [5.74, 6) is 0. The van der Waals surface area contributed by atoms with Crippen LogP contribution in [-0.4, -0.2) is 25.8 Å². The van der Waals surface area contributed by atoms with Gasteiger partial charge < -0.3 is 10.1 Å². The number of hydrogen-bond acceptors (Lipinski definition) is 2. The fraction of sp³-hybridized carbons (Fsp3) is 1.00. The van der Waals surface area contributed by atoms with Crippen LogP contribution in [0.15, 0.2) is 0 Å². The van der Waals surface area contributed by atoms with E-state index < -0.39 is 0 Å². The Kier molecular flexibility index (Phi) is 4.93. The van der Waals surface area contributed by atoms with E-state index in [1.807, 2.05) is 0 Å². The lowest BCUT2D eigenvalue weighted by Crippen LogP contribution is -2.33. The average molecular weight is 187 g/mol. The quantitative estimate of drug-likeness (QED) is 0.667. The molecule has 0 aliphatic carbocycles. The fourth-order valence-electron chi connectivity index (χ4n) is 0.955. The molecular formula is C11H25NO. The van der Waals surface area contributed by atoms with Crippen LogP contribution in [0.4, 0.5) is 0 Å². The molecule has 1 N–H and O–H groups in total. The molecule has 0 saturated carbocycles. The van der Waals surface area contributed by atoms with E-state index in [2.05, 4.69) is 39.9 Å². The molecule has 0 amide bonds. The number of rotatable bonds is 5. The SMILES string of the molecule is COC(C)(C)CCNCC(C)(C)C. The van der Waals surface area contributed by atoms with Crippen molar-refractivity contribution < 1.29 is 4.74 Å². The summed E-state index contributed by atoms with van der Waals surface area (Å²) < 4.78 is 5.33. The zero-order chi connectivity index (χ0) is 10.5. The molecule has 0 saturated heterocycles. The summed E-state index contributed by atoms with van der Waals surface area (Å²) in [6, 6.07) is 0. The molecule has 0 fully saturated rings. The standard InChI is InChI=1S/C11H25NO/c1-10(2,3)9-12-8-7-11(4,5)13-6/h12H,7-9H2,1-6H3. The molecule has 0 atom stereocenters. The van der Waals surface area contributed by atoms with Crippen molar-refractivity contribution in [3.63, 3.8) is 0 Å². The molecule has 0 rings (SSSR count). The third-order valence-corrected chi connectivity index (χ3v) is 2.11. The summed E-state index contributed by atoms with van der Waals surface area (Å²) in [6.45, 7) is 13.0. The Hall–Kier alpha value is -0.0800. The van der Waals surface area contributed by atoms with Crippen molar-refractivity contribution in [1.29, 1.82) is 0 Å². The molecule has 0 aromatic heterocycles. The molecule has 80 valence electrons. The first-order valence-electron chi connectivity index (χ1n) is 5.03. The zero-order valence-corrected chi connectivity index (χ0v) is 10.0. The van der Waals surface area contributed by atoms with Crippen LogP contribution < -0.4 is 5.32 Å². The zero-order valence-electron chi connectivity index (χ0n) is 10.0. The fourth-order valence-corrected chi connectivity index (χ4v) is 0.955. The second kappa shape index (κ2) is 4.97. The van der Waals surface area contributed by atoms with Gasteiger partial charge in [-0.3, -0.25) is 0 Å². The predicted molar refractivity (Wildman–Crippen MR) is 58.0 cm³/mol. The van der Waals surface area contributed by atoms with E-state index in [1.54, 1.807) is 7.11 Å². The Labute approximate surface area is 83.1 Å². The summed E-state index contributed by atoms with van der Waals surface area (Å²) in [4.78, 5) is 0. The third kappa shape index (κ3) is 8.26. The lowest BCUT2D eigenvalue weighted by Gasteiger charge is -2.24. The summed E-state index contributed by atoms with van der Waals surface area (Å²) in [5, 5.41) is 3.44.